The van der Waals surface area contributed by atoms with Gasteiger partial charge in [0.05, 0.1) is 40.8 Å². The average molecular weight is 858 g/mol. The number of hydrogen-bond acceptors (Lipinski definition) is 12. The molecule has 3 saturated heterocycles. The van der Waals surface area contributed by atoms with Crippen molar-refractivity contribution in [2.24, 2.45) is 5.92 Å². The van der Waals surface area contributed by atoms with Gasteiger partial charge in [-0.25, -0.2) is 18.1 Å². The molecule has 0 radical (unpaired) electrons. The molecule has 0 aliphatic carbocycles. The van der Waals surface area contributed by atoms with E-state index >= 15 is 0 Å². The number of aromatic nitrogens is 2. The predicted molar refractivity (Wildman–Crippen MR) is 237 cm³/mol. The molecule has 3 aliphatic rings. The van der Waals surface area contributed by atoms with Crippen molar-refractivity contribution in [3.05, 3.63) is 131 Å². The van der Waals surface area contributed by atoms with E-state index in [0.29, 0.717) is 31.2 Å². The lowest BCUT2D eigenvalue weighted by Crippen LogP contribution is -2.37. The van der Waals surface area contributed by atoms with Gasteiger partial charge in [0.2, 0.25) is 0 Å². The number of nitrogens with one attached hydrogen (secondary N) is 3. The highest BCUT2D eigenvalue weighted by Crippen LogP contribution is 2.41. The second kappa shape index (κ2) is 17.8. The van der Waals surface area contributed by atoms with Crippen LogP contribution in [-0.4, -0.2) is 81.8 Å². The number of aromatic amines is 1. The Morgan fingerprint density at radius 1 is 0.887 bits per heavy atom. The van der Waals surface area contributed by atoms with Crippen LogP contribution in [0.4, 0.5) is 22.7 Å². The molecule has 0 saturated carbocycles. The van der Waals surface area contributed by atoms with Crippen molar-refractivity contribution in [1.29, 1.82) is 0 Å². The number of pyridine rings is 1. The molecule has 3 N–H and O–H groups in total. The zero-order valence-corrected chi connectivity index (χ0v) is 34.8. The summed E-state index contributed by atoms with van der Waals surface area (Å²) in [6.07, 6.45) is 7.02. The topological polar surface area (TPSA) is 181 Å². The van der Waals surface area contributed by atoms with E-state index in [1.54, 1.807) is 24.4 Å². The predicted octanol–water partition coefficient (Wildman–Crippen LogP) is 8.07. The number of carbonyl (C=O) groups excluding carboxylic acids is 1. The van der Waals surface area contributed by atoms with Crippen LogP contribution in [0.5, 0.6) is 11.5 Å². The highest BCUT2D eigenvalue weighted by molar-refractivity contribution is 7.90. The molecule has 0 spiro atoms. The third-order valence-corrected chi connectivity index (χ3v) is 13.2. The summed E-state index contributed by atoms with van der Waals surface area (Å²) in [4.78, 5) is 37.3. The SMILES string of the molecule is O=C(NS(=O)(=O)c1ccc(NCC2CCOCC2)c([N+](=O)[O-])c1)c1ccc(-c2ccc(N3CCCC3c3ccccc3N3CCOCC3)cc2)cc1Oc1cnc2[nH]ccc2c1. The first-order chi connectivity index (χ1) is 30.2. The maximum atomic E-state index is 13.9. The monoisotopic (exact) mass is 857 g/mol. The van der Waals surface area contributed by atoms with E-state index < -0.39 is 31.4 Å². The van der Waals surface area contributed by atoms with Gasteiger partial charge in [-0.2, -0.15) is 0 Å². The largest absolute Gasteiger partial charge is 0.455 e. The standard InChI is InChI=1S/C46H47N7O8S/c54-46(50-62(57,58)37-12-14-40(43(28-37)53(55)56)48-29-31-16-22-59-23-17-31)39-13-9-33(27-44(39)61-36-26-34-15-18-47-45(34)49-30-36)32-7-10-35(11-8-32)52-19-3-6-42(52)38-4-1-2-5-41(38)51-20-24-60-25-21-51/h1-2,4-5,7-15,18,26-28,30-31,42,48H,3,6,16-17,19-25,29H2,(H,47,49)(H,50,54). The van der Waals surface area contributed by atoms with Gasteiger partial charge in [-0.3, -0.25) is 14.9 Å². The zero-order valence-electron chi connectivity index (χ0n) is 34.0. The third kappa shape index (κ3) is 8.80. The number of sulfonamides is 1. The van der Waals surface area contributed by atoms with Crippen molar-refractivity contribution in [1.82, 2.24) is 14.7 Å². The number of fused-ring (bicyclic) bond motifs is 1. The molecule has 1 amide bonds. The lowest BCUT2D eigenvalue weighted by atomic mass is 9.99. The normalized spacial score (nSPS) is 17.3. The number of anilines is 3. The number of H-pyrrole nitrogens is 1. The first kappa shape index (κ1) is 40.9. The number of amides is 1. The average Bonchev–Trinajstić information content (AvgIpc) is 3.99. The Morgan fingerprint density at radius 2 is 1.66 bits per heavy atom. The van der Waals surface area contributed by atoms with Crippen LogP contribution in [0.15, 0.2) is 114 Å². The van der Waals surface area contributed by atoms with Crippen LogP contribution in [-0.2, 0) is 19.5 Å². The minimum atomic E-state index is -4.57. The van der Waals surface area contributed by atoms with Crippen LogP contribution in [0.1, 0.15) is 47.6 Å². The first-order valence-corrected chi connectivity index (χ1v) is 22.4. The van der Waals surface area contributed by atoms with Crippen molar-refractivity contribution in [3.63, 3.8) is 0 Å². The summed E-state index contributed by atoms with van der Waals surface area (Å²) in [5.74, 6) is -0.280. The Bertz CT molecular complexity index is 2700. The Kier molecular flexibility index (Phi) is 11.8. The minimum absolute atomic E-state index is 0.0637. The highest BCUT2D eigenvalue weighted by Gasteiger charge is 2.30. The molecule has 5 heterocycles. The van der Waals surface area contributed by atoms with Gasteiger partial charge in [0.15, 0.2) is 0 Å². The smallest absolute Gasteiger partial charge is 0.293 e. The number of morpholine rings is 1. The van der Waals surface area contributed by atoms with Gasteiger partial charge in [0.1, 0.15) is 22.8 Å². The number of rotatable bonds is 13. The van der Waals surface area contributed by atoms with E-state index in [4.69, 9.17) is 14.2 Å². The molecule has 1 atom stereocenters. The Labute approximate surface area is 359 Å². The minimum Gasteiger partial charge on any atom is -0.455 e. The molecular formula is C46H47N7O8S. The van der Waals surface area contributed by atoms with Crippen LogP contribution in [0.2, 0.25) is 0 Å². The zero-order chi connectivity index (χ0) is 42.6. The maximum Gasteiger partial charge on any atom is 0.293 e. The molecule has 320 valence electrons. The number of nitro groups is 1. The van der Waals surface area contributed by atoms with Crippen LogP contribution in [0, 0.1) is 16.0 Å². The van der Waals surface area contributed by atoms with E-state index in [1.165, 1.54) is 35.6 Å². The summed E-state index contributed by atoms with van der Waals surface area (Å²) in [6, 6.07) is 29.2. The number of para-hydroxylation sites is 1. The fraction of sp³-hybridized carbons (Fsp3) is 0.304. The van der Waals surface area contributed by atoms with Crippen LogP contribution in [0.25, 0.3) is 22.2 Å². The number of nitro benzene ring substituents is 1. The lowest BCUT2D eigenvalue weighted by Gasteiger charge is -2.34. The number of ether oxygens (including phenoxy) is 3. The Hall–Kier alpha value is -6.49. The van der Waals surface area contributed by atoms with Gasteiger partial charge in [0.25, 0.3) is 21.6 Å². The summed E-state index contributed by atoms with van der Waals surface area (Å²) < 4.78 is 46.8. The number of nitrogens with zero attached hydrogens (tertiary/aromatic N) is 4. The second-order valence-electron chi connectivity index (χ2n) is 15.8. The fourth-order valence-corrected chi connectivity index (χ4v) is 9.59. The van der Waals surface area contributed by atoms with Crippen LogP contribution < -0.4 is 24.6 Å². The van der Waals surface area contributed by atoms with Crippen LogP contribution in [0.3, 0.4) is 0 Å². The fourth-order valence-electron chi connectivity index (χ4n) is 8.60. The first-order valence-electron chi connectivity index (χ1n) is 20.9. The molecule has 16 heteroatoms. The summed E-state index contributed by atoms with van der Waals surface area (Å²) >= 11 is 0. The van der Waals surface area contributed by atoms with Gasteiger partial charge in [-0.1, -0.05) is 36.4 Å². The summed E-state index contributed by atoms with van der Waals surface area (Å²) in [6.45, 7) is 5.83. The van der Waals surface area contributed by atoms with Crippen molar-refractivity contribution in [2.75, 3.05) is 67.7 Å². The molecule has 15 nitrogen and oxygen atoms in total. The second-order valence-corrected chi connectivity index (χ2v) is 17.4. The Balaban J connectivity index is 0.975. The quantitative estimate of drug-likeness (QED) is 0.0752. The molecule has 0 bridgehead atoms. The lowest BCUT2D eigenvalue weighted by molar-refractivity contribution is -0.384. The van der Waals surface area contributed by atoms with Gasteiger partial charge >= 0.3 is 0 Å². The summed E-state index contributed by atoms with van der Waals surface area (Å²) in [5, 5.41) is 16.0. The van der Waals surface area contributed by atoms with Gasteiger partial charge < -0.3 is 34.3 Å². The van der Waals surface area contributed by atoms with Gasteiger partial charge in [0, 0.05) is 68.4 Å². The van der Waals surface area contributed by atoms with E-state index in [1.807, 2.05) is 18.2 Å². The highest BCUT2D eigenvalue weighted by atomic mass is 32.2. The molecule has 3 aliphatic heterocycles. The number of hydrogen-bond donors (Lipinski definition) is 3. The van der Waals surface area contributed by atoms with Crippen molar-refractivity contribution in [3.8, 4) is 22.6 Å². The molecule has 4 aromatic carbocycles. The Morgan fingerprint density at radius 3 is 2.47 bits per heavy atom. The van der Waals surface area contributed by atoms with Crippen molar-refractivity contribution >= 4 is 49.7 Å². The van der Waals surface area contributed by atoms with Gasteiger partial charge in [-0.15, -0.1) is 0 Å². The maximum absolute atomic E-state index is 13.9. The van der Waals surface area contributed by atoms with E-state index in [0.717, 1.165) is 86.8 Å². The van der Waals surface area contributed by atoms with Crippen molar-refractivity contribution in [2.45, 2.75) is 36.6 Å². The summed E-state index contributed by atoms with van der Waals surface area (Å²) in [5.41, 5.74) is 5.62. The number of benzene rings is 4. The molecule has 3 fully saturated rings. The molecular weight excluding hydrogens is 811 g/mol. The van der Waals surface area contributed by atoms with E-state index in [-0.39, 0.29) is 29.0 Å². The van der Waals surface area contributed by atoms with Crippen LogP contribution >= 0.6 is 0 Å². The molecule has 2 aromatic heterocycles. The van der Waals surface area contributed by atoms with Gasteiger partial charge in [-0.05, 0) is 103 Å². The number of carbonyl (C=O) groups is 1. The van der Waals surface area contributed by atoms with E-state index in [2.05, 4.69) is 66.2 Å². The van der Waals surface area contributed by atoms with E-state index in [9.17, 15) is 23.3 Å². The molecule has 9 rings (SSSR count). The molecule has 6 aromatic rings. The summed E-state index contributed by atoms with van der Waals surface area (Å²) in [7, 11) is -4.57. The third-order valence-electron chi connectivity index (χ3n) is 11.9. The molecule has 62 heavy (non-hydrogen) atoms. The molecule has 1 unspecified atom stereocenters. The van der Waals surface area contributed by atoms with Crippen molar-refractivity contribution < 1.29 is 32.3 Å².